The maximum Gasteiger partial charge on any atom is 0.205 e. The fourth-order valence-electron chi connectivity index (χ4n) is 1.68. The minimum absolute atomic E-state index is 0.0188. The molecule has 1 nitrogen and oxygen atoms in total. The van der Waals surface area contributed by atoms with Crippen molar-refractivity contribution in [1.29, 1.82) is 0 Å². The van der Waals surface area contributed by atoms with Crippen LogP contribution in [0.3, 0.4) is 0 Å². The van der Waals surface area contributed by atoms with Crippen molar-refractivity contribution in [2.24, 2.45) is 0 Å². The molecule has 0 bridgehead atoms. The lowest BCUT2D eigenvalue weighted by Gasteiger charge is -1.90. The molecule has 0 aliphatic carbocycles. The lowest BCUT2D eigenvalue weighted by atomic mass is 10.1. The van der Waals surface area contributed by atoms with Crippen LogP contribution in [0.5, 0.6) is 0 Å². The highest BCUT2D eigenvalue weighted by Gasteiger charge is 1.95. The zero-order valence-electron chi connectivity index (χ0n) is 12.3. The molecule has 0 atom stereocenters. The summed E-state index contributed by atoms with van der Waals surface area (Å²) in [5.74, 6) is 14.3. The van der Waals surface area contributed by atoms with Gasteiger partial charge in [0.05, 0.1) is 0 Å². The Morgan fingerprint density at radius 2 is 1.62 bits per heavy atom. The molecule has 0 saturated carbocycles. The van der Waals surface area contributed by atoms with Crippen molar-refractivity contribution >= 4 is 5.78 Å². The second-order valence-corrected chi connectivity index (χ2v) is 4.66. The lowest BCUT2D eigenvalue weighted by Crippen LogP contribution is -1.92. The van der Waals surface area contributed by atoms with Crippen LogP contribution >= 0.6 is 0 Å². The normalized spacial score (nSPS) is 8.71. The zero-order chi connectivity index (χ0) is 15.2. The van der Waals surface area contributed by atoms with E-state index in [0.29, 0.717) is 6.42 Å². The number of unbranched alkanes of at least 4 members (excludes halogenated alkanes) is 4. The van der Waals surface area contributed by atoms with Crippen molar-refractivity contribution in [3.8, 4) is 36.0 Å². The van der Waals surface area contributed by atoms with Crippen LogP contribution in [0.4, 0.5) is 0 Å². The Hall–Kier alpha value is -2.43. The summed E-state index contributed by atoms with van der Waals surface area (Å²) in [6.45, 7) is 0. The molecular weight excluding hydrogens is 256 g/mol. The predicted molar refractivity (Wildman–Crippen MR) is 87.3 cm³/mol. The van der Waals surface area contributed by atoms with Crippen molar-refractivity contribution in [2.45, 2.75) is 44.9 Å². The largest absolute Gasteiger partial charge is 0.285 e. The molecule has 1 aromatic carbocycles. The van der Waals surface area contributed by atoms with E-state index in [1.54, 1.807) is 0 Å². The molecule has 1 heteroatoms. The molecule has 21 heavy (non-hydrogen) atoms. The van der Waals surface area contributed by atoms with E-state index >= 15 is 0 Å². The summed E-state index contributed by atoms with van der Waals surface area (Å²) < 4.78 is 0. The number of Topliss-reactive ketones (excluding diaryl/α,β-unsaturated/α-hetero) is 1. The summed E-state index contributed by atoms with van der Waals surface area (Å²) >= 11 is 0. The van der Waals surface area contributed by atoms with Crippen molar-refractivity contribution in [3.05, 3.63) is 35.9 Å². The van der Waals surface area contributed by atoms with E-state index in [1.807, 2.05) is 30.3 Å². The molecule has 106 valence electrons. The summed E-state index contributed by atoms with van der Waals surface area (Å²) in [6, 6.07) is 9.54. The molecule has 0 spiro atoms. The van der Waals surface area contributed by atoms with Gasteiger partial charge < -0.3 is 0 Å². The predicted octanol–water partition coefficient (Wildman–Crippen LogP) is 3.97. The third kappa shape index (κ3) is 9.15. The van der Waals surface area contributed by atoms with E-state index in [4.69, 9.17) is 6.42 Å². The van der Waals surface area contributed by atoms with E-state index in [0.717, 1.165) is 44.1 Å². The Labute approximate surface area is 128 Å². The summed E-state index contributed by atoms with van der Waals surface area (Å²) in [5.41, 5.74) is 0.873. The highest BCUT2D eigenvalue weighted by atomic mass is 16.1. The summed E-state index contributed by atoms with van der Waals surface area (Å²) in [5, 5.41) is 0. The van der Waals surface area contributed by atoms with Crippen LogP contribution in [0, 0.1) is 36.0 Å². The second-order valence-electron chi connectivity index (χ2n) is 4.66. The molecular formula is C20H20O. The van der Waals surface area contributed by atoms with Crippen LogP contribution in [0.2, 0.25) is 0 Å². The van der Waals surface area contributed by atoms with Crippen LogP contribution in [-0.2, 0) is 4.79 Å². The van der Waals surface area contributed by atoms with Gasteiger partial charge in [0.2, 0.25) is 5.78 Å². The average molecular weight is 276 g/mol. The Morgan fingerprint density at radius 3 is 2.33 bits per heavy atom. The fourth-order valence-corrected chi connectivity index (χ4v) is 1.68. The van der Waals surface area contributed by atoms with Crippen molar-refractivity contribution in [3.63, 3.8) is 0 Å². The van der Waals surface area contributed by atoms with Crippen LogP contribution in [0.1, 0.15) is 50.5 Å². The number of rotatable bonds is 6. The molecule has 0 amide bonds. The number of benzene rings is 1. The minimum atomic E-state index is -0.0188. The molecule has 0 aliphatic heterocycles. The molecule has 0 aromatic heterocycles. The SMILES string of the molecule is C#CCCCCC#CCCCC(=O)C#Cc1ccccc1. The number of hydrogen-bond acceptors (Lipinski definition) is 1. The number of hydrogen-bond donors (Lipinski definition) is 0. The first-order valence-corrected chi connectivity index (χ1v) is 7.32. The van der Waals surface area contributed by atoms with E-state index in [1.165, 1.54) is 0 Å². The van der Waals surface area contributed by atoms with Gasteiger partial charge in [0, 0.05) is 31.2 Å². The Balaban J connectivity index is 2.13. The molecule has 0 heterocycles. The van der Waals surface area contributed by atoms with Gasteiger partial charge in [-0.1, -0.05) is 24.1 Å². The first-order valence-electron chi connectivity index (χ1n) is 7.32. The third-order valence-corrected chi connectivity index (χ3v) is 2.82. The average Bonchev–Trinajstić information content (AvgIpc) is 2.52. The highest BCUT2D eigenvalue weighted by molar-refractivity contribution is 5.95. The zero-order valence-corrected chi connectivity index (χ0v) is 12.3. The number of ketones is 1. The third-order valence-electron chi connectivity index (χ3n) is 2.82. The van der Waals surface area contributed by atoms with E-state index in [2.05, 4.69) is 29.6 Å². The van der Waals surface area contributed by atoms with Gasteiger partial charge in [-0.2, -0.15) is 0 Å². The fraction of sp³-hybridized carbons (Fsp3) is 0.350. The maximum absolute atomic E-state index is 11.6. The van der Waals surface area contributed by atoms with E-state index in [-0.39, 0.29) is 5.78 Å². The van der Waals surface area contributed by atoms with E-state index in [9.17, 15) is 4.79 Å². The number of terminal acetylenes is 1. The quantitative estimate of drug-likeness (QED) is 0.567. The first kappa shape index (κ1) is 16.6. The molecule has 0 fully saturated rings. The molecule has 1 aromatic rings. The van der Waals surface area contributed by atoms with Crippen molar-refractivity contribution < 1.29 is 4.79 Å². The monoisotopic (exact) mass is 276 g/mol. The summed E-state index contributed by atoms with van der Waals surface area (Å²) in [6.07, 6.45) is 11.0. The van der Waals surface area contributed by atoms with Crippen LogP contribution in [0.15, 0.2) is 30.3 Å². The molecule has 1 rings (SSSR count). The summed E-state index contributed by atoms with van der Waals surface area (Å²) in [4.78, 5) is 11.6. The molecule has 0 radical (unpaired) electrons. The second kappa shape index (κ2) is 11.4. The first-order chi connectivity index (χ1) is 10.3. The van der Waals surface area contributed by atoms with Crippen LogP contribution in [0.25, 0.3) is 0 Å². The Morgan fingerprint density at radius 1 is 0.952 bits per heavy atom. The molecule has 0 N–H and O–H groups in total. The maximum atomic E-state index is 11.6. The number of carbonyl (C=O) groups excluding carboxylic acids is 1. The Bertz CT molecular complexity index is 582. The van der Waals surface area contributed by atoms with E-state index < -0.39 is 0 Å². The summed E-state index contributed by atoms with van der Waals surface area (Å²) in [7, 11) is 0. The smallest absolute Gasteiger partial charge is 0.205 e. The van der Waals surface area contributed by atoms with Gasteiger partial charge in [0.1, 0.15) is 0 Å². The van der Waals surface area contributed by atoms with Gasteiger partial charge in [-0.3, -0.25) is 4.79 Å². The molecule has 0 saturated heterocycles. The topological polar surface area (TPSA) is 17.1 Å². The highest BCUT2D eigenvalue weighted by Crippen LogP contribution is 1.99. The molecule has 0 unspecified atom stereocenters. The van der Waals surface area contributed by atoms with Crippen LogP contribution < -0.4 is 0 Å². The standard InChI is InChI=1S/C20H20O/c1-2-3-4-5-6-7-8-9-13-16-20(21)18-17-19-14-11-10-12-15-19/h1,10-12,14-15H,3-6,9,13,16H2. The lowest BCUT2D eigenvalue weighted by molar-refractivity contribution is -0.113. The van der Waals surface area contributed by atoms with Gasteiger partial charge in [-0.15, -0.1) is 24.2 Å². The van der Waals surface area contributed by atoms with Gasteiger partial charge in [0.25, 0.3) is 0 Å². The van der Waals surface area contributed by atoms with Crippen molar-refractivity contribution in [1.82, 2.24) is 0 Å². The van der Waals surface area contributed by atoms with Gasteiger partial charge in [-0.25, -0.2) is 0 Å². The van der Waals surface area contributed by atoms with Crippen molar-refractivity contribution in [2.75, 3.05) is 0 Å². The van der Waals surface area contributed by atoms with Crippen LogP contribution in [-0.4, -0.2) is 5.78 Å². The van der Waals surface area contributed by atoms with Gasteiger partial charge >= 0.3 is 0 Å². The van der Waals surface area contributed by atoms with Gasteiger partial charge in [-0.05, 0) is 37.3 Å². The minimum Gasteiger partial charge on any atom is -0.285 e. The Kier molecular flexibility index (Phi) is 9.03. The molecule has 0 aliphatic rings. The van der Waals surface area contributed by atoms with Gasteiger partial charge in [0.15, 0.2) is 0 Å². The number of carbonyl (C=O) groups is 1.